The summed E-state index contributed by atoms with van der Waals surface area (Å²) in [5.74, 6) is 0.565. The van der Waals surface area contributed by atoms with Gasteiger partial charge in [0.1, 0.15) is 6.29 Å². The van der Waals surface area contributed by atoms with Gasteiger partial charge >= 0.3 is 0 Å². The summed E-state index contributed by atoms with van der Waals surface area (Å²) >= 11 is 0. The number of allylic oxidation sites excluding steroid dienone is 2. The third-order valence-electron chi connectivity index (χ3n) is 0.753. The van der Waals surface area contributed by atoms with Crippen molar-refractivity contribution in [2.45, 2.75) is 20.3 Å². The molecule has 0 saturated heterocycles. The van der Waals surface area contributed by atoms with Crippen LogP contribution in [0.2, 0.25) is 0 Å². The summed E-state index contributed by atoms with van der Waals surface area (Å²) in [6, 6.07) is 0. The molecule has 0 bridgehead atoms. The largest absolute Gasteiger partial charge is 0.303 e. The molecule has 0 aromatic carbocycles. The summed E-state index contributed by atoms with van der Waals surface area (Å²) in [6.07, 6.45) is 5.36. The monoisotopic (exact) mass is 112 g/mol. The molecule has 0 unspecified atom stereocenters. The van der Waals surface area contributed by atoms with E-state index in [-0.39, 0.29) is 0 Å². The molecule has 0 rings (SSSR count). The molecule has 1 heteroatoms. The molecule has 46 valence electrons. The van der Waals surface area contributed by atoms with Gasteiger partial charge in [-0.15, -0.1) is 0 Å². The smallest absolute Gasteiger partial charge is 0.123 e. The van der Waals surface area contributed by atoms with Crippen LogP contribution in [0.4, 0.5) is 0 Å². The quantitative estimate of drug-likeness (QED) is 0.402. The van der Waals surface area contributed by atoms with Crippen LogP contribution in [0.3, 0.4) is 0 Å². The topological polar surface area (TPSA) is 17.1 Å². The van der Waals surface area contributed by atoms with Crippen molar-refractivity contribution in [2.75, 3.05) is 0 Å². The highest BCUT2D eigenvalue weighted by Gasteiger charge is 1.80. The minimum absolute atomic E-state index is 0.554. The van der Waals surface area contributed by atoms with Crippen LogP contribution in [-0.4, -0.2) is 6.29 Å². The van der Waals surface area contributed by atoms with E-state index in [0.29, 0.717) is 12.3 Å². The third-order valence-corrected chi connectivity index (χ3v) is 0.753. The maximum atomic E-state index is 9.74. The zero-order valence-electron chi connectivity index (χ0n) is 5.42. The Morgan fingerprint density at radius 2 is 2.12 bits per heavy atom. The number of carbonyl (C=O) groups is 1. The predicted molar refractivity (Wildman–Crippen MR) is 34.7 cm³/mol. The summed E-state index contributed by atoms with van der Waals surface area (Å²) in [5, 5.41) is 0. The highest BCUT2D eigenvalue weighted by molar-refractivity contribution is 5.51. The maximum absolute atomic E-state index is 9.74. The Hall–Kier alpha value is -0.590. The van der Waals surface area contributed by atoms with Crippen molar-refractivity contribution in [3.63, 3.8) is 0 Å². The zero-order chi connectivity index (χ0) is 6.41. The highest BCUT2D eigenvalue weighted by atomic mass is 16.1. The fourth-order valence-corrected chi connectivity index (χ4v) is 0.406. The molecule has 0 N–H and O–H groups in total. The fourth-order valence-electron chi connectivity index (χ4n) is 0.406. The molecule has 8 heavy (non-hydrogen) atoms. The number of aldehydes is 1. The molecule has 0 amide bonds. The first kappa shape index (κ1) is 7.41. The summed E-state index contributed by atoms with van der Waals surface area (Å²) in [7, 11) is 0. The summed E-state index contributed by atoms with van der Waals surface area (Å²) in [6.45, 7) is 4.17. The zero-order valence-corrected chi connectivity index (χ0v) is 5.42. The van der Waals surface area contributed by atoms with E-state index in [2.05, 4.69) is 13.8 Å². The minimum Gasteiger partial charge on any atom is -0.303 e. The van der Waals surface area contributed by atoms with Gasteiger partial charge in [0.15, 0.2) is 0 Å². The van der Waals surface area contributed by atoms with Crippen molar-refractivity contribution in [1.29, 1.82) is 0 Å². The van der Waals surface area contributed by atoms with Gasteiger partial charge in [-0.3, -0.25) is 0 Å². The van der Waals surface area contributed by atoms with E-state index in [9.17, 15) is 4.79 Å². The lowest BCUT2D eigenvalue weighted by molar-refractivity contribution is -0.107. The second kappa shape index (κ2) is 4.57. The molecule has 0 aromatic rings. The van der Waals surface area contributed by atoms with Crippen LogP contribution in [0.1, 0.15) is 20.3 Å². The van der Waals surface area contributed by atoms with Gasteiger partial charge in [-0.1, -0.05) is 26.0 Å². The Bertz CT molecular complexity index is 82.4. The van der Waals surface area contributed by atoms with Crippen molar-refractivity contribution < 1.29 is 4.79 Å². The molecule has 0 aliphatic carbocycles. The minimum atomic E-state index is 0.554. The van der Waals surface area contributed by atoms with E-state index in [1.54, 1.807) is 0 Å². The molecule has 0 spiro atoms. The van der Waals surface area contributed by atoms with Gasteiger partial charge in [-0.25, -0.2) is 0 Å². The SMILES string of the molecule is CC(C)/C=C\CC=O. The van der Waals surface area contributed by atoms with Crippen molar-refractivity contribution in [1.82, 2.24) is 0 Å². The maximum Gasteiger partial charge on any atom is 0.123 e. The average Bonchev–Trinajstić information content (AvgIpc) is 1.66. The van der Waals surface area contributed by atoms with E-state index in [1.807, 2.05) is 12.2 Å². The van der Waals surface area contributed by atoms with Crippen LogP contribution >= 0.6 is 0 Å². The van der Waals surface area contributed by atoms with Gasteiger partial charge in [-0.2, -0.15) is 0 Å². The summed E-state index contributed by atoms with van der Waals surface area (Å²) < 4.78 is 0. The molecule has 0 heterocycles. The molecule has 0 atom stereocenters. The standard InChI is InChI=1S/C7H12O/c1-7(2)5-3-4-6-8/h3,5-7H,4H2,1-2H3/b5-3-. The van der Waals surface area contributed by atoms with Gasteiger partial charge in [0.25, 0.3) is 0 Å². The van der Waals surface area contributed by atoms with E-state index < -0.39 is 0 Å². The Kier molecular flexibility index (Phi) is 4.23. The molecule has 1 nitrogen and oxygen atoms in total. The second-order valence-electron chi connectivity index (χ2n) is 2.07. The number of rotatable bonds is 3. The van der Waals surface area contributed by atoms with Crippen LogP contribution in [0.15, 0.2) is 12.2 Å². The Morgan fingerprint density at radius 3 is 2.50 bits per heavy atom. The van der Waals surface area contributed by atoms with Gasteiger partial charge in [0.2, 0.25) is 0 Å². The van der Waals surface area contributed by atoms with Crippen LogP contribution in [0, 0.1) is 5.92 Å². The molecule has 0 fully saturated rings. The van der Waals surface area contributed by atoms with Gasteiger partial charge in [0.05, 0.1) is 0 Å². The van der Waals surface area contributed by atoms with Crippen molar-refractivity contribution >= 4 is 6.29 Å². The molecular formula is C7H12O. The Balaban J connectivity index is 3.19. The van der Waals surface area contributed by atoms with E-state index in [0.717, 1.165) is 6.29 Å². The fraction of sp³-hybridized carbons (Fsp3) is 0.571. The van der Waals surface area contributed by atoms with Crippen LogP contribution in [0.5, 0.6) is 0 Å². The molecule has 0 aliphatic heterocycles. The second-order valence-corrected chi connectivity index (χ2v) is 2.07. The first-order chi connectivity index (χ1) is 3.77. The van der Waals surface area contributed by atoms with Crippen molar-refractivity contribution in [2.24, 2.45) is 5.92 Å². The van der Waals surface area contributed by atoms with Crippen molar-refractivity contribution in [3.05, 3.63) is 12.2 Å². The normalized spacial score (nSPS) is 10.9. The van der Waals surface area contributed by atoms with Gasteiger partial charge < -0.3 is 4.79 Å². The molecule has 0 radical (unpaired) electrons. The Labute approximate surface area is 50.4 Å². The van der Waals surface area contributed by atoms with Crippen LogP contribution < -0.4 is 0 Å². The van der Waals surface area contributed by atoms with Crippen LogP contribution in [-0.2, 0) is 4.79 Å². The van der Waals surface area contributed by atoms with Gasteiger partial charge in [0, 0.05) is 6.42 Å². The van der Waals surface area contributed by atoms with Gasteiger partial charge in [-0.05, 0) is 5.92 Å². The average molecular weight is 112 g/mol. The lowest BCUT2D eigenvalue weighted by Gasteiger charge is -1.88. The molecule has 0 saturated carbocycles. The van der Waals surface area contributed by atoms with E-state index in [1.165, 1.54) is 0 Å². The van der Waals surface area contributed by atoms with E-state index >= 15 is 0 Å². The molecule has 0 aliphatic rings. The number of hydrogen-bond acceptors (Lipinski definition) is 1. The molecular weight excluding hydrogens is 100 g/mol. The lowest BCUT2D eigenvalue weighted by atomic mass is 10.2. The summed E-state index contributed by atoms with van der Waals surface area (Å²) in [4.78, 5) is 9.74. The Morgan fingerprint density at radius 1 is 1.50 bits per heavy atom. The highest BCUT2D eigenvalue weighted by Crippen LogP contribution is 1.93. The van der Waals surface area contributed by atoms with Crippen molar-refractivity contribution in [3.8, 4) is 0 Å². The van der Waals surface area contributed by atoms with E-state index in [4.69, 9.17) is 0 Å². The first-order valence-electron chi connectivity index (χ1n) is 2.87. The predicted octanol–water partition coefficient (Wildman–Crippen LogP) is 1.79. The lowest BCUT2D eigenvalue weighted by Crippen LogP contribution is -1.76. The number of carbonyl (C=O) groups excluding carboxylic acids is 1. The van der Waals surface area contributed by atoms with Crippen LogP contribution in [0.25, 0.3) is 0 Å². The number of hydrogen-bond donors (Lipinski definition) is 0. The summed E-state index contributed by atoms with van der Waals surface area (Å²) in [5.41, 5.74) is 0. The third kappa shape index (κ3) is 5.41. The first-order valence-corrected chi connectivity index (χ1v) is 2.87. The molecule has 0 aromatic heterocycles.